The van der Waals surface area contributed by atoms with Crippen LogP contribution in [0.4, 0.5) is 5.69 Å². The van der Waals surface area contributed by atoms with Crippen LogP contribution in [0.15, 0.2) is 18.2 Å². The molecule has 1 heterocycles. The first-order valence-electron chi connectivity index (χ1n) is 7.25. The number of nitrogens with one attached hydrogen (secondary N) is 1. The van der Waals surface area contributed by atoms with E-state index in [4.69, 9.17) is 0 Å². The van der Waals surface area contributed by atoms with Crippen molar-refractivity contribution >= 4 is 5.69 Å². The number of rotatable bonds is 2. The molecule has 1 saturated heterocycles. The summed E-state index contributed by atoms with van der Waals surface area (Å²) in [5.41, 5.74) is 4.48. The van der Waals surface area contributed by atoms with Gasteiger partial charge in [0.1, 0.15) is 0 Å². The van der Waals surface area contributed by atoms with Crippen LogP contribution in [-0.2, 0) is 0 Å². The second-order valence-electron chi connectivity index (χ2n) is 6.19. The molecule has 1 aromatic carbocycles. The molecule has 2 unspecified atom stereocenters. The van der Waals surface area contributed by atoms with Crippen molar-refractivity contribution in [1.29, 1.82) is 0 Å². The van der Waals surface area contributed by atoms with Gasteiger partial charge in [0.25, 0.3) is 0 Å². The van der Waals surface area contributed by atoms with Gasteiger partial charge in [0.05, 0.1) is 0 Å². The Labute approximate surface area is 110 Å². The summed E-state index contributed by atoms with van der Waals surface area (Å²) in [5.74, 6) is 0.850. The molecular formula is C16H24N2. The van der Waals surface area contributed by atoms with Crippen molar-refractivity contribution in [3.05, 3.63) is 29.3 Å². The number of nitrogens with zero attached hydrogens (tertiary/aromatic N) is 1. The Hall–Kier alpha value is -1.02. The molecule has 18 heavy (non-hydrogen) atoms. The molecule has 0 spiro atoms. The van der Waals surface area contributed by atoms with E-state index in [9.17, 15) is 0 Å². The summed E-state index contributed by atoms with van der Waals surface area (Å²) in [4.78, 5) is 2.54. The molecule has 2 heteroatoms. The van der Waals surface area contributed by atoms with Crippen molar-refractivity contribution in [2.24, 2.45) is 0 Å². The summed E-state index contributed by atoms with van der Waals surface area (Å²) in [5, 5.41) is 3.60. The lowest BCUT2D eigenvalue weighted by Gasteiger charge is -2.38. The van der Waals surface area contributed by atoms with E-state index >= 15 is 0 Å². The first kappa shape index (κ1) is 12.0. The van der Waals surface area contributed by atoms with Gasteiger partial charge in [0.2, 0.25) is 0 Å². The van der Waals surface area contributed by atoms with Crippen LogP contribution in [0.3, 0.4) is 0 Å². The van der Waals surface area contributed by atoms with Crippen LogP contribution in [0.5, 0.6) is 0 Å². The van der Waals surface area contributed by atoms with Crippen molar-refractivity contribution in [3.8, 4) is 0 Å². The van der Waals surface area contributed by atoms with Gasteiger partial charge in [-0.25, -0.2) is 0 Å². The third-order valence-corrected chi connectivity index (χ3v) is 4.20. The first-order valence-corrected chi connectivity index (χ1v) is 7.25. The highest BCUT2D eigenvalue weighted by atomic mass is 15.2. The fourth-order valence-electron chi connectivity index (χ4n) is 3.20. The molecule has 1 aromatic rings. The molecule has 0 radical (unpaired) electrons. The van der Waals surface area contributed by atoms with E-state index in [0.29, 0.717) is 12.1 Å². The summed E-state index contributed by atoms with van der Waals surface area (Å²) in [6.45, 7) is 9.05. The van der Waals surface area contributed by atoms with Crippen LogP contribution in [0.25, 0.3) is 0 Å². The standard InChI is InChI=1S/C16H24N2/c1-11-4-7-15(8-16(11)14-5-6-14)18-9-12(2)17-13(3)10-18/h4,7-8,12-14,17H,5-6,9-10H2,1-3H3. The van der Waals surface area contributed by atoms with E-state index in [-0.39, 0.29) is 0 Å². The summed E-state index contributed by atoms with van der Waals surface area (Å²) < 4.78 is 0. The molecule has 98 valence electrons. The van der Waals surface area contributed by atoms with Gasteiger partial charge in [0, 0.05) is 30.9 Å². The third-order valence-electron chi connectivity index (χ3n) is 4.20. The second-order valence-corrected chi connectivity index (χ2v) is 6.19. The smallest absolute Gasteiger partial charge is 0.0370 e. The normalized spacial score (nSPS) is 28.5. The van der Waals surface area contributed by atoms with Gasteiger partial charge in [-0.3, -0.25) is 0 Å². The number of aryl methyl sites for hydroxylation is 1. The average molecular weight is 244 g/mol. The molecule has 1 aliphatic heterocycles. The average Bonchev–Trinajstić information content (AvgIpc) is 3.12. The van der Waals surface area contributed by atoms with Gasteiger partial charge >= 0.3 is 0 Å². The highest BCUT2D eigenvalue weighted by Gasteiger charge is 2.27. The van der Waals surface area contributed by atoms with Crippen LogP contribution in [0.2, 0.25) is 0 Å². The lowest BCUT2D eigenvalue weighted by molar-refractivity contribution is 0.407. The zero-order valence-corrected chi connectivity index (χ0v) is 11.7. The summed E-state index contributed by atoms with van der Waals surface area (Å²) in [6.07, 6.45) is 2.78. The maximum absolute atomic E-state index is 3.60. The van der Waals surface area contributed by atoms with E-state index in [2.05, 4.69) is 49.2 Å². The number of anilines is 1. The number of benzene rings is 1. The Morgan fingerprint density at radius 1 is 1.11 bits per heavy atom. The maximum Gasteiger partial charge on any atom is 0.0370 e. The van der Waals surface area contributed by atoms with Gasteiger partial charge in [-0.15, -0.1) is 0 Å². The molecule has 0 bridgehead atoms. The molecule has 3 rings (SSSR count). The zero-order valence-electron chi connectivity index (χ0n) is 11.7. The Morgan fingerprint density at radius 3 is 2.39 bits per heavy atom. The Bertz CT molecular complexity index is 427. The number of piperazine rings is 1. The molecule has 0 aromatic heterocycles. The topological polar surface area (TPSA) is 15.3 Å². The lowest BCUT2D eigenvalue weighted by Crippen LogP contribution is -2.54. The SMILES string of the molecule is Cc1ccc(N2CC(C)NC(C)C2)cc1C1CC1. The Morgan fingerprint density at radius 2 is 1.78 bits per heavy atom. The maximum atomic E-state index is 3.60. The monoisotopic (exact) mass is 244 g/mol. The highest BCUT2D eigenvalue weighted by Crippen LogP contribution is 2.42. The molecule has 1 saturated carbocycles. The van der Waals surface area contributed by atoms with Crippen LogP contribution in [0.1, 0.15) is 43.7 Å². The fraction of sp³-hybridized carbons (Fsp3) is 0.625. The fourth-order valence-corrected chi connectivity index (χ4v) is 3.20. The number of hydrogen-bond acceptors (Lipinski definition) is 2. The van der Waals surface area contributed by atoms with Gasteiger partial charge in [-0.05, 0) is 62.8 Å². The third kappa shape index (κ3) is 2.39. The van der Waals surface area contributed by atoms with Crippen molar-refractivity contribution in [2.75, 3.05) is 18.0 Å². The predicted octanol–water partition coefficient (Wildman–Crippen LogP) is 3.06. The van der Waals surface area contributed by atoms with E-state index < -0.39 is 0 Å². The van der Waals surface area contributed by atoms with Gasteiger partial charge in [0.15, 0.2) is 0 Å². The van der Waals surface area contributed by atoms with E-state index in [1.54, 1.807) is 5.56 Å². The van der Waals surface area contributed by atoms with Gasteiger partial charge < -0.3 is 10.2 Å². The zero-order chi connectivity index (χ0) is 12.7. The lowest BCUT2D eigenvalue weighted by atomic mass is 10.0. The minimum Gasteiger partial charge on any atom is -0.368 e. The Kier molecular flexibility index (Phi) is 3.06. The van der Waals surface area contributed by atoms with Crippen molar-refractivity contribution in [1.82, 2.24) is 5.32 Å². The second kappa shape index (κ2) is 4.58. The molecule has 2 nitrogen and oxygen atoms in total. The molecule has 2 aliphatic rings. The predicted molar refractivity (Wildman–Crippen MR) is 77.4 cm³/mol. The Balaban J connectivity index is 1.84. The molecule has 2 atom stereocenters. The van der Waals surface area contributed by atoms with Crippen molar-refractivity contribution in [2.45, 2.75) is 51.6 Å². The van der Waals surface area contributed by atoms with E-state index in [1.165, 1.54) is 24.1 Å². The van der Waals surface area contributed by atoms with Crippen LogP contribution in [0, 0.1) is 6.92 Å². The largest absolute Gasteiger partial charge is 0.368 e. The van der Waals surface area contributed by atoms with E-state index in [0.717, 1.165) is 19.0 Å². The first-order chi connectivity index (χ1) is 8.63. The molecule has 1 aliphatic carbocycles. The van der Waals surface area contributed by atoms with Crippen LogP contribution in [-0.4, -0.2) is 25.2 Å². The molecule has 2 fully saturated rings. The minimum absolute atomic E-state index is 0.583. The summed E-state index contributed by atoms with van der Waals surface area (Å²) in [6, 6.07) is 8.21. The van der Waals surface area contributed by atoms with Crippen LogP contribution >= 0.6 is 0 Å². The van der Waals surface area contributed by atoms with Crippen molar-refractivity contribution in [3.63, 3.8) is 0 Å². The van der Waals surface area contributed by atoms with Gasteiger partial charge in [-0.1, -0.05) is 6.07 Å². The summed E-state index contributed by atoms with van der Waals surface area (Å²) >= 11 is 0. The quantitative estimate of drug-likeness (QED) is 0.860. The molecular weight excluding hydrogens is 220 g/mol. The number of hydrogen-bond donors (Lipinski definition) is 1. The molecule has 1 N–H and O–H groups in total. The summed E-state index contributed by atoms with van der Waals surface area (Å²) in [7, 11) is 0. The highest BCUT2D eigenvalue weighted by molar-refractivity contribution is 5.53. The minimum atomic E-state index is 0.583. The van der Waals surface area contributed by atoms with Gasteiger partial charge in [-0.2, -0.15) is 0 Å². The van der Waals surface area contributed by atoms with Crippen LogP contribution < -0.4 is 10.2 Å². The van der Waals surface area contributed by atoms with E-state index in [1.807, 2.05) is 0 Å². The van der Waals surface area contributed by atoms with Crippen molar-refractivity contribution < 1.29 is 0 Å². The molecule has 0 amide bonds.